The summed E-state index contributed by atoms with van der Waals surface area (Å²) in [7, 11) is 0. The van der Waals surface area contributed by atoms with E-state index in [1.54, 1.807) is 17.0 Å². The van der Waals surface area contributed by atoms with Gasteiger partial charge in [0.2, 0.25) is 11.8 Å². The maximum absolute atomic E-state index is 12.3. The SMILES string of the molecule is O=C(Cc1cccc2ccccc12)NCC(=O)NC1CCN(C(=O)c2ccco2)CC1. The van der Waals surface area contributed by atoms with E-state index in [0.717, 1.165) is 16.3 Å². The number of benzene rings is 2. The highest BCUT2D eigenvalue weighted by molar-refractivity contribution is 5.92. The highest BCUT2D eigenvalue weighted by Crippen LogP contribution is 2.19. The Kier molecular flexibility index (Phi) is 6.31. The molecule has 2 heterocycles. The van der Waals surface area contributed by atoms with Gasteiger partial charge in [0.15, 0.2) is 5.76 Å². The van der Waals surface area contributed by atoms with Gasteiger partial charge in [0.25, 0.3) is 5.91 Å². The number of fused-ring (bicyclic) bond motifs is 1. The minimum Gasteiger partial charge on any atom is -0.459 e. The molecule has 0 saturated carbocycles. The van der Waals surface area contributed by atoms with E-state index in [4.69, 9.17) is 4.42 Å². The number of nitrogens with zero attached hydrogens (tertiary/aromatic N) is 1. The van der Waals surface area contributed by atoms with Crippen molar-refractivity contribution in [3.63, 3.8) is 0 Å². The van der Waals surface area contributed by atoms with Crippen LogP contribution >= 0.6 is 0 Å². The molecule has 3 aromatic rings. The summed E-state index contributed by atoms with van der Waals surface area (Å²) < 4.78 is 5.16. The minimum atomic E-state index is -0.220. The number of hydrogen-bond donors (Lipinski definition) is 2. The zero-order valence-electron chi connectivity index (χ0n) is 17.2. The molecule has 2 N–H and O–H groups in total. The Hall–Kier alpha value is -3.61. The van der Waals surface area contributed by atoms with Crippen LogP contribution in [0.5, 0.6) is 0 Å². The molecule has 4 rings (SSSR count). The number of hydrogen-bond acceptors (Lipinski definition) is 4. The fraction of sp³-hybridized carbons (Fsp3) is 0.292. The van der Waals surface area contributed by atoms with Crippen molar-refractivity contribution < 1.29 is 18.8 Å². The van der Waals surface area contributed by atoms with Gasteiger partial charge in [0.05, 0.1) is 19.2 Å². The Morgan fingerprint density at radius 3 is 2.48 bits per heavy atom. The topological polar surface area (TPSA) is 91.7 Å². The molecule has 31 heavy (non-hydrogen) atoms. The van der Waals surface area contributed by atoms with E-state index >= 15 is 0 Å². The number of rotatable bonds is 6. The lowest BCUT2D eigenvalue weighted by molar-refractivity contribution is -0.126. The summed E-state index contributed by atoms with van der Waals surface area (Å²) in [5.74, 6) is -0.209. The molecule has 160 valence electrons. The fourth-order valence-electron chi connectivity index (χ4n) is 3.92. The van der Waals surface area contributed by atoms with Crippen LogP contribution in [0, 0.1) is 0 Å². The van der Waals surface area contributed by atoms with Crippen LogP contribution in [0.15, 0.2) is 65.3 Å². The van der Waals surface area contributed by atoms with Gasteiger partial charge in [-0.05, 0) is 41.3 Å². The predicted molar refractivity (Wildman–Crippen MR) is 116 cm³/mol. The first-order valence-electron chi connectivity index (χ1n) is 10.5. The van der Waals surface area contributed by atoms with E-state index in [2.05, 4.69) is 10.6 Å². The first kappa shape index (κ1) is 20.7. The lowest BCUT2D eigenvalue weighted by Gasteiger charge is -2.31. The monoisotopic (exact) mass is 419 g/mol. The number of furan rings is 1. The van der Waals surface area contributed by atoms with Crippen molar-refractivity contribution in [2.75, 3.05) is 19.6 Å². The summed E-state index contributed by atoms with van der Waals surface area (Å²) in [6.45, 7) is 1.05. The van der Waals surface area contributed by atoms with Crippen LogP contribution < -0.4 is 10.6 Å². The maximum atomic E-state index is 12.3. The molecule has 1 aromatic heterocycles. The quantitative estimate of drug-likeness (QED) is 0.642. The predicted octanol–water partition coefficient (Wildman–Crippen LogP) is 2.51. The molecule has 0 bridgehead atoms. The standard InChI is InChI=1S/C24H25N3O4/c28-22(15-18-7-3-6-17-5-1-2-8-20(17)18)25-16-23(29)26-19-10-12-27(13-11-19)24(30)21-9-4-14-31-21/h1-9,14,19H,10-13,15-16H2,(H,25,28)(H,26,29). The average Bonchev–Trinajstić information content (AvgIpc) is 3.33. The van der Waals surface area contributed by atoms with Gasteiger partial charge in [-0.15, -0.1) is 0 Å². The third kappa shape index (κ3) is 5.12. The third-order valence-corrected chi connectivity index (χ3v) is 5.56. The lowest BCUT2D eigenvalue weighted by atomic mass is 10.0. The maximum Gasteiger partial charge on any atom is 0.289 e. The molecule has 0 atom stereocenters. The molecular weight excluding hydrogens is 394 g/mol. The van der Waals surface area contributed by atoms with Gasteiger partial charge < -0.3 is 20.0 Å². The van der Waals surface area contributed by atoms with Gasteiger partial charge in [-0.2, -0.15) is 0 Å². The van der Waals surface area contributed by atoms with E-state index in [1.807, 2.05) is 42.5 Å². The number of amides is 3. The molecule has 3 amide bonds. The van der Waals surface area contributed by atoms with E-state index in [-0.39, 0.29) is 36.7 Å². The van der Waals surface area contributed by atoms with E-state index < -0.39 is 0 Å². The van der Waals surface area contributed by atoms with Gasteiger partial charge in [-0.25, -0.2) is 0 Å². The normalized spacial score (nSPS) is 14.4. The largest absolute Gasteiger partial charge is 0.459 e. The van der Waals surface area contributed by atoms with Crippen molar-refractivity contribution in [2.45, 2.75) is 25.3 Å². The van der Waals surface area contributed by atoms with Crippen LogP contribution in [0.4, 0.5) is 0 Å². The molecule has 7 heteroatoms. The number of carbonyl (C=O) groups excluding carboxylic acids is 3. The van der Waals surface area contributed by atoms with Crippen LogP contribution in [0.3, 0.4) is 0 Å². The highest BCUT2D eigenvalue weighted by Gasteiger charge is 2.25. The van der Waals surface area contributed by atoms with Crippen LogP contribution in [0.2, 0.25) is 0 Å². The molecule has 1 aliphatic rings. The first-order valence-corrected chi connectivity index (χ1v) is 10.5. The third-order valence-electron chi connectivity index (χ3n) is 5.56. The molecule has 1 aliphatic heterocycles. The number of piperidine rings is 1. The number of nitrogens with one attached hydrogen (secondary N) is 2. The molecule has 0 aliphatic carbocycles. The van der Waals surface area contributed by atoms with Gasteiger partial charge in [0, 0.05) is 19.1 Å². The summed E-state index contributed by atoms with van der Waals surface area (Å²) in [5, 5.41) is 7.78. The average molecular weight is 419 g/mol. The zero-order valence-corrected chi connectivity index (χ0v) is 17.2. The summed E-state index contributed by atoms with van der Waals surface area (Å²) >= 11 is 0. The molecule has 0 radical (unpaired) electrons. The zero-order chi connectivity index (χ0) is 21.6. The number of carbonyl (C=O) groups is 3. The highest BCUT2D eigenvalue weighted by atomic mass is 16.3. The van der Waals surface area contributed by atoms with E-state index in [1.165, 1.54) is 6.26 Å². The van der Waals surface area contributed by atoms with Gasteiger partial charge in [-0.1, -0.05) is 42.5 Å². The second-order valence-electron chi connectivity index (χ2n) is 7.70. The van der Waals surface area contributed by atoms with Crippen molar-refractivity contribution in [2.24, 2.45) is 0 Å². The molecule has 0 spiro atoms. The fourth-order valence-corrected chi connectivity index (χ4v) is 3.92. The van der Waals surface area contributed by atoms with Crippen LogP contribution in [-0.4, -0.2) is 48.3 Å². The van der Waals surface area contributed by atoms with E-state index in [9.17, 15) is 14.4 Å². The van der Waals surface area contributed by atoms with Crippen molar-refractivity contribution in [3.8, 4) is 0 Å². The Bertz CT molecular complexity index is 1060. The summed E-state index contributed by atoms with van der Waals surface area (Å²) in [6, 6.07) is 17.1. The summed E-state index contributed by atoms with van der Waals surface area (Å²) in [4.78, 5) is 38.6. The van der Waals surface area contributed by atoms with Crippen molar-refractivity contribution in [3.05, 3.63) is 72.2 Å². The second kappa shape index (κ2) is 9.47. The molecule has 1 saturated heterocycles. The Morgan fingerprint density at radius 1 is 0.935 bits per heavy atom. The van der Waals surface area contributed by atoms with Crippen molar-refractivity contribution in [1.82, 2.24) is 15.5 Å². The summed E-state index contributed by atoms with van der Waals surface area (Å²) in [6.07, 6.45) is 3.04. The van der Waals surface area contributed by atoms with Crippen LogP contribution in [0.1, 0.15) is 29.0 Å². The number of likely N-dealkylation sites (tertiary alicyclic amines) is 1. The molecule has 0 unspecified atom stereocenters. The molecule has 7 nitrogen and oxygen atoms in total. The van der Waals surface area contributed by atoms with Crippen molar-refractivity contribution in [1.29, 1.82) is 0 Å². The molecular formula is C24H25N3O4. The van der Waals surface area contributed by atoms with Crippen LogP contribution in [0.25, 0.3) is 10.8 Å². The molecule has 2 aromatic carbocycles. The van der Waals surface area contributed by atoms with Gasteiger partial charge >= 0.3 is 0 Å². The van der Waals surface area contributed by atoms with Gasteiger partial charge in [0.1, 0.15) is 0 Å². The first-order chi connectivity index (χ1) is 15.1. The van der Waals surface area contributed by atoms with Crippen LogP contribution in [-0.2, 0) is 16.0 Å². The van der Waals surface area contributed by atoms with Crippen molar-refractivity contribution >= 4 is 28.5 Å². The lowest BCUT2D eigenvalue weighted by Crippen LogP contribution is -2.48. The Morgan fingerprint density at radius 2 is 1.71 bits per heavy atom. The van der Waals surface area contributed by atoms with Gasteiger partial charge in [-0.3, -0.25) is 14.4 Å². The van der Waals surface area contributed by atoms with E-state index in [0.29, 0.717) is 31.7 Å². The Labute approximate surface area is 180 Å². The second-order valence-corrected chi connectivity index (χ2v) is 7.70. The minimum absolute atomic E-state index is 0.0110. The Balaban J connectivity index is 1.21. The smallest absolute Gasteiger partial charge is 0.289 e. The molecule has 1 fully saturated rings. The summed E-state index contributed by atoms with van der Waals surface area (Å²) in [5.41, 5.74) is 0.935.